The number of hydrogen-bond acceptors (Lipinski definition) is 4. The second kappa shape index (κ2) is 12.3. The summed E-state index contributed by atoms with van der Waals surface area (Å²) in [7, 11) is 0. The Morgan fingerprint density at radius 1 is 0.892 bits per heavy atom. The second-order valence-corrected chi connectivity index (χ2v) is 10.6. The molecular formula is C31H32FN3OS. The molecule has 1 fully saturated rings. The molecule has 3 aromatic carbocycles. The molecule has 1 amide bonds. The van der Waals surface area contributed by atoms with Crippen LogP contribution in [0.4, 0.5) is 4.39 Å². The second-order valence-electron chi connectivity index (χ2n) is 9.63. The predicted molar refractivity (Wildman–Crippen MR) is 147 cm³/mol. The van der Waals surface area contributed by atoms with E-state index in [1.807, 2.05) is 22.4 Å². The van der Waals surface area contributed by atoms with Crippen LogP contribution in [0.2, 0.25) is 0 Å². The smallest absolute Gasteiger partial charge is 0.273 e. The summed E-state index contributed by atoms with van der Waals surface area (Å²) < 4.78 is 13.5. The number of halogens is 1. The first kappa shape index (κ1) is 25.3. The summed E-state index contributed by atoms with van der Waals surface area (Å²) in [6, 6.07) is 28.0. The number of thiazole rings is 1. The van der Waals surface area contributed by atoms with Gasteiger partial charge in [-0.25, -0.2) is 9.37 Å². The highest BCUT2D eigenvalue weighted by Crippen LogP contribution is 2.29. The molecule has 0 atom stereocenters. The maximum absolute atomic E-state index is 13.5. The lowest BCUT2D eigenvalue weighted by Gasteiger charge is -2.25. The van der Waals surface area contributed by atoms with Crippen LogP contribution in [0.3, 0.4) is 0 Å². The first-order valence-electron chi connectivity index (χ1n) is 13.0. The number of aromatic nitrogens is 1. The number of amides is 1. The maximum Gasteiger partial charge on any atom is 0.273 e. The molecule has 6 heteroatoms. The van der Waals surface area contributed by atoms with Gasteiger partial charge in [-0.2, -0.15) is 0 Å². The van der Waals surface area contributed by atoms with E-state index in [0.717, 1.165) is 49.5 Å². The Hall–Kier alpha value is -3.35. The summed E-state index contributed by atoms with van der Waals surface area (Å²) >= 11 is 1.54. The van der Waals surface area contributed by atoms with Gasteiger partial charge in [0.15, 0.2) is 0 Å². The monoisotopic (exact) mass is 513 g/mol. The molecule has 190 valence electrons. The molecule has 1 aromatic heterocycles. The van der Waals surface area contributed by atoms with Crippen LogP contribution in [0.25, 0.3) is 0 Å². The summed E-state index contributed by atoms with van der Waals surface area (Å²) in [5.74, 6) is 0.0773. The van der Waals surface area contributed by atoms with E-state index in [1.165, 1.54) is 23.3 Å². The van der Waals surface area contributed by atoms with Crippen molar-refractivity contribution in [3.8, 4) is 0 Å². The van der Waals surface area contributed by atoms with Crippen LogP contribution in [0.1, 0.15) is 57.4 Å². The van der Waals surface area contributed by atoms with E-state index in [1.54, 1.807) is 11.3 Å². The summed E-state index contributed by atoms with van der Waals surface area (Å²) in [6.45, 7) is 3.81. The average molecular weight is 514 g/mol. The van der Waals surface area contributed by atoms with Gasteiger partial charge in [-0.1, -0.05) is 72.8 Å². The van der Waals surface area contributed by atoms with Gasteiger partial charge in [-0.15, -0.1) is 11.3 Å². The number of benzene rings is 3. The largest absolute Gasteiger partial charge is 0.337 e. The van der Waals surface area contributed by atoms with Crippen LogP contribution in [-0.4, -0.2) is 40.3 Å². The Kier molecular flexibility index (Phi) is 8.39. The Bertz CT molecular complexity index is 1230. The Balaban J connectivity index is 1.34. The number of carbonyl (C=O) groups is 1. The lowest BCUT2D eigenvalue weighted by atomic mass is 9.88. The molecule has 0 spiro atoms. The molecule has 0 radical (unpaired) electrons. The molecule has 1 aliphatic rings. The van der Waals surface area contributed by atoms with Crippen molar-refractivity contribution in [2.45, 2.75) is 38.3 Å². The molecule has 4 nitrogen and oxygen atoms in total. The number of likely N-dealkylation sites (tertiary alicyclic amines) is 1. The predicted octanol–water partition coefficient (Wildman–Crippen LogP) is 6.74. The molecule has 0 aliphatic carbocycles. The molecular weight excluding hydrogens is 481 g/mol. The van der Waals surface area contributed by atoms with Gasteiger partial charge >= 0.3 is 0 Å². The van der Waals surface area contributed by atoms with E-state index in [2.05, 4.69) is 65.6 Å². The van der Waals surface area contributed by atoms with Gasteiger partial charge < -0.3 is 4.90 Å². The molecule has 5 rings (SSSR count). The van der Waals surface area contributed by atoms with Crippen molar-refractivity contribution in [1.29, 1.82) is 0 Å². The van der Waals surface area contributed by atoms with E-state index in [9.17, 15) is 9.18 Å². The first-order valence-corrected chi connectivity index (χ1v) is 13.8. The number of rotatable bonds is 10. The van der Waals surface area contributed by atoms with E-state index in [-0.39, 0.29) is 17.6 Å². The third-order valence-electron chi connectivity index (χ3n) is 6.98. The summed E-state index contributed by atoms with van der Waals surface area (Å²) in [5, 5.41) is 2.82. The van der Waals surface area contributed by atoms with Gasteiger partial charge in [0.1, 0.15) is 16.5 Å². The van der Waals surface area contributed by atoms with Gasteiger partial charge in [-0.05, 0) is 54.6 Å². The lowest BCUT2D eigenvalue weighted by molar-refractivity contribution is 0.0787. The fourth-order valence-electron chi connectivity index (χ4n) is 5.03. The molecule has 2 heterocycles. The van der Waals surface area contributed by atoms with Crippen LogP contribution in [0, 0.1) is 5.82 Å². The molecule has 37 heavy (non-hydrogen) atoms. The van der Waals surface area contributed by atoms with Crippen LogP contribution in [0.5, 0.6) is 0 Å². The first-order chi connectivity index (χ1) is 18.2. The van der Waals surface area contributed by atoms with Gasteiger partial charge in [0, 0.05) is 30.9 Å². The minimum Gasteiger partial charge on any atom is -0.337 e. The standard InChI is InChI=1S/C31H32FN3OS/c32-27-15-13-24(14-16-27)21-34(22-30-33-29(23-37-30)31(36)35-18-7-8-19-35)20-17-28(25-9-3-1-4-10-25)26-11-5-2-6-12-26/h1-6,9-16,23,28H,7-8,17-22H2. The van der Waals surface area contributed by atoms with Crippen LogP contribution < -0.4 is 0 Å². The van der Waals surface area contributed by atoms with Crippen molar-refractivity contribution in [3.05, 3.63) is 124 Å². The zero-order valence-electron chi connectivity index (χ0n) is 20.9. The van der Waals surface area contributed by atoms with Crippen molar-refractivity contribution in [2.75, 3.05) is 19.6 Å². The van der Waals surface area contributed by atoms with Gasteiger partial charge in [0.2, 0.25) is 0 Å². The van der Waals surface area contributed by atoms with Gasteiger partial charge in [-0.3, -0.25) is 9.69 Å². The lowest BCUT2D eigenvalue weighted by Crippen LogP contribution is -2.28. The zero-order chi connectivity index (χ0) is 25.5. The number of carbonyl (C=O) groups excluding carboxylic acids is 1. The highest BCUT2D eigenvalue weighted by Gasteiger charge is 2.23. The van der Waals surface area contributed by atoms with E-state index in [4.69, 9.17) is 4.98 Å². The Labute approximate surface area is 222 Å². The van der Waals surface area contributed by atoms with Crippen molar-refractivity contribution in [1.82, 2.24) is 14.8 Å². The van der Waals surface area contributed by atoms with Crippen LogP contribution in [-0.2, 0) is 13.1 Å². The Morgan fingerprint density at radius 2 is 1.51 bits per heavy atom. The minimum atomic E-state index is -0.228. The number of hydrogen-bond donors (Lipinski definition) is 0. The molecule has 1 saturated heterocycles. The van der Waals surface area contributed by atoms with E-state index >= 15 is 0 Å². The quantitative estimate of drug-likeness (QED) is 0.236. The Morgan fingerprint density at radius 3 is 2.14 bits per heavy atom. The fourth-order valence-corrected chi connectivity index (χ4v) is 5.83. The number of nitrogens with zero attached hydrogens (tertiary/aromatic N) is 3. The van der Waals surface area contributed by atoms with E-state index in [0.29, 0.717) is 18.8 Å². The van der Waals surface area contributed by atoms with E-state index < -0.39 is 0 Å². The average Bonchev–Trinajstić information content (AvgIpc) is 3.64. The van der Waals surface area contributed by atoms with Crippen molar-refractivity contribution >= 4 is 17.2 Å². The molecule has 0 unspecified atom stereocenters. The minimum absolute atomic E-state index is 0.0401. The van der Waals surface area contributed by atoms with Crippen molar-refractivity contribution in [2.24, 2.45) is 0 Å². The van der Waals surface area contributed by atoms with Gasteiger partial charge in [0.05, 0.1) is 6.54 Å². The molecule has 0 bridgehead atoms. The highest BCUT2D eigenvalue weighted by molar-refractivity contribution is 7.09. The van der Waals surface area contributed by atoms with Crippen LogP contribution in [0.15, 0.2) is 90.3 Å². The summed E-state index contributed by atoms with van der Waals surface area (Å²) in [4.78, 5) is 21.8. The van der Waals surface area contributed by atoms with Crippen molar-refractivity contribution < 1.29 is 9.18 Å². The van der Waals surface area contributed by atoms with Crippen molar-refractivity contribution in [3.63, 3.8) is 0 Å². The molecule has 1 aliphatic heterocycles. The molecule has 0 N–H and O–H groups in total. The van der Waals surface area contributed by atoms with Gasteiger partial charge in [0.25, 0.3) is 5.91 Å². The fraction of sp³-hybridized carbons (Fsp3) is 0.290. The SMILES string of the molecule is O=C(c1csc(CN(CCC(c2ccccc2)c2ccccc2)Cc2ccc(F)cc2)n1)N1CCCC1. The topological polar surface area (TPSA) is 36.4 Å². The maximum atomic E-state index is 13.5. The zero-order valence-corrected chi connectivity index (χ0v) is 21.7. The third kappa shape index (κ3) is 6.70. The van der Waals surface area contributed by atoms with Crippen LogP contribution >= 0.6 is 11.3 Å². The summed E-state index contributed by atoms with van der Waals surface area (Å²) in [5.41, 5.74) is 4.20. The molecule has 4 aromatic rings. The highest BCUT2D eigenvalue weighted by atomic mass is 32.1. The molecule has 0 saturated carbocycles. The third-order valence-corrected chi connectivity index (χ3v) is 7.81. The normalized spacial score (nSPS) is 13.5. The summed E-state index contributed by atoms with van der Waals surface area (Å²) in [6.07, 6.45) is 3.07.